The Morgan fingerprint density at radius 1 is 1.26 bits per heavy atom. The molecule has 8 heteroatoms. The fourth-order valence-electron chi connectivity index (χ4n) is 2.72. The van der Waals surface area contributed by atoms with Crippen molar-refractivity contribution in [3.63, 3.8) is 0 Å². The van der Waals surface area contributed by atoms with Gasteiger partial charge >= 0.3 is 0 Å². The third-order valence-corrected chi connectivity index (χ3v) is 4.90. The number of halogens is 1. The lowest BCUT2D eigenvalue weighted by atomic mass is 10.1. The van der Waals surface area contributed by atoms with Gasteiger partial charge in [-0.1, -0.05) is 0 Å². The Bertz CT molecular complexity index is 1050. The van der Waals surface area contributed by atoms with E-state index in [2.05, 4.69) is 15.6 Å². The molecule has 27 heavy (non-hydrogen) atoms. The van der Waals surface area contributed by atoms with Gasteiger partial charge in [-0.2, -0.15) is 0 Å². The minimum absolute atomic E-state index is 0.00163. The standard InChI is InChI=1S/C19H14FN3O3S/c1-10-17(12-4-7-15-14(8-12)21-16(24)9-26-15)22-19(27-10)23-18(25)11-2-5-13(20)6-3-11/h2-8H,9H2,1H3,(H,21,24)(H,22,23,25). The van der Waals surface area contributed by atoms with Gasteiger partial charge < -0.3 is 10.1 Å². The van der Waals surface area contributed by atoms with Crippen molar-refractivity contribution in [3.8, 4) is 17.0 Å². The molecular weight excluding hydrogens is 369 g/mol. The molecule has 6 nitrogen and oxygen atoms in total. The number of nitrogens with zero attached hydrogens (tertiary/aromatic N) is 1. The molecule has 0 spiro atoms. The van der Waals surface area contributed by atoms with Crippen LogP contribution < -0.4 is 15.4 Å². The van der Waals surface area contributed by atoms with Crippen molar-refractivity contribution in [3.05, 3.63) is 58.7 Å². The molecule has 0 atom stereocenters. The maximum atomic E-state index is 13.0. The average Bonchev–Trinajstić information content (AvgIpc) is 3.01. The van der Waals surface area contributed by atoms with Crippen LogP contribution in [0.5, 0.6) is 5.75 Å². The number of benzene rings is 2. The van der Waals surface area contributed by atoms with Crippen LogP contribution in [-0.4, -0.2) is 23.4 Å². The highest BCUT2D eigenvalue weighted by molar-refractivity contribution is 7.16. The normalized spacial score (nSPS) is 12.7. The first-order valence-electron chi connectivity index (χ1n) is 8.11. The number of ether oxygens (including phenoxy) is 1. The highest BCUT2D eigenvalue weighted by atomic mass is 32.1. The number of amides is 2. The van der Waals surface area contributed by atoms with Gasteiger partial charge in [-0.05, 0) is 49.4 Å². The first kappa shape index (κ1) is 17.2. The Hall–Kier alpha value is -3.26. The van der Waals surface area contributed by atoms with Gasteiger partial charge in [0.05, 0.1) is 11.4 Å². The summed E-state index contributed by atoms with van der Waals surface area (Å²) in [7, 11) is 0. The zero-order chi connectivity index (χ0) is 19.0. The summed E-state index contributed by atoms with van der Waals surface area (Å²) in [4.78, 5) is 29.2. The lowest BCUT2D eigenvalue weighted by Gasteiger charge is -2.18. The molecule has 0 saturated heterocycles. The van der Waals surface area contributed by atoms with Crippen molar-refractivity contribution in [2.45, 2.75) is 6.92 Å². The summed E-state index contributed by atoms with van der Waals surface area (Å²) in [5, 5.41) is 5.94. The Labute approximate surface area is 158 Å². The SMILES string of the molecule is Cc1sc(NC(=O)c2ccc(F)cc2)nc1-c1ccc2c(c1)NC(=O)CO2. The van der Waals surface area contributed by atoms with Gasteiger partial charge in [-0.3, -0.25) is 14.9 Å². The number of aryl methyl sites for hydroxylation is 1. The predicted octanol–water partition coefficient (Wildman–Crippen LogP) is 3.84. The number of carbonyl (C=O) groups is 2. The van der Waals surface area contributed by atoms with Crippen LogP contribution in [0.3, 0.4) is 0 Å². The van der Waals surface area contributed by atoms with Gasteiger partial charge in [-0.15, -0.1) is 11.3 Å². The van der Waals surface area contributed by atoms with Crippen molar-refractivity contribution in [1.82, 2.24) is 4.98 Å². The summed E-state index contributed by atoms with van der Waals surface area (Å²) in [6.07, 6.45) is 0. The molecule has 3 aromatic rings. The largest absolute Gasteiger partial charge is 0.482 e. The zero-order valence-corrected chi connectivity index (χ0v) is 15.0. The molecule has 0 unspecified atom stereocenters. The minimum Gasteiger partial charge on any atom is -0.482 e. The summed E-state index contributed by atoms with van der Waals surface area (Å²) < 4.78 is 18.3. The third kappa shape index (κ3) is 3.52. The summed E-state index contributed by atoms with van der Waals surface area (Å²) in [6, 6.07) is 10.7. The van der Waals surface area contributed by atoms with E-state index < -0.39 is 5.82 Å². The van der Waals surface area contributed by atoms with E-state index in [1.165, 1.54) is 35.6 Å². The van der Waals surface area contributed by atoms with E-state index in [1.807, 2.05) is 13.0 Å². The molecule has 136 valence electrons. The van der Waals surface area contributed by atoms with Crippen LogP contribution in [0.1, 0.15) is 15.2 Å². The second-order valence-electron chi connectivity index (χ2n) is 5.93. The summed E-state index contributed by atoms with van der Waals surface area (Å²) >= 11 is 1.34. The van der Waals surface area contributed by atoms with Crippen molar-refractivity contribution in [2.75, 3.05) is 17.2 Å². The number of hydrogen-bond acceptors (Lipinski definition) is 5. The van der Waals surface area contributed by atoms with Gasteiger partial charge in [0.25, 0.3) is 11.8 Å². The number of thiazole rings is 1. The van der Waals surface area contributed by atoms with E-state index in [1.54, 1.807) is 12.1 Å². The van der Waals surface area contributed by atoms with E-state index in [9.17, 15) is 14.0 Å². The number of anilines is 2. The van der Waals surface area contributed by atoms with E-state index in [4.69, 9.17) is 4.74 Å². The molecule has 2 amide bonds. The Morgan fingerprint density at radius 3 is 2.81 bits per heavy atom. The van der Waals surface area contributed by atoms with Crippen molar-refractivity contribution < 1.29 is 18.7 Å². The number of aromatic nitrogens is 1. The summed E-state index contributed by atoms with van der Waals surface area (Å²) in [5.41, 5.74) is 2.44. The van der Waals surface area contributed by atoms with Gasteiger partial charge in [0.1, 0.15) is 11.6 Å². The molecule has 2 aromatic carbocycles. The number of hydrogen-bond donors (Lipinski definition) is 2. The maximum Gasteiger partial charge on any atom is 0.262 e. The molecule has 4 rings (SSSR count). The molecule has 2 heterocycles. The van der Waals surface area contributed by atoms with E-state index in [0.29, 0.717) is 27.8 Å². The fourth-order valence-corrected chi connectivity index (χ4v) is 3.55. The predicted molar refractivity (Wildman–Crippen MR) is 101 cm³/mol. The summed E-state index contributed by atoms with van der Waals surface area (Å²) in [5.74, 6) is -0.359. The second kappa shape index (κ2) is 6.81. The van der Waals surface area contributed by atoms with Crippen LogP contribution in [0, 0.1) is 12.7 Å². The van der Waals surface area contributed by atoms with Gasteiger partial charge in [0.15, 0.2) is 11.7 Å². The van der Waals surface area contributed by atoms with Gasteiger partial charge in [-0.25, -0.2) is 9.37 Å². The van der Waals surface area contributed by atoms with E-state index >= 15 is 0 Å². The highest BCUT2D eigenvalue weighted by Gasteiger charge is 2.19. The van der Waals surface area contributed by atoms with Crippen LogP contribution in [0.2, 0.25) is 0 Å². The van der Waals surface area contributed by atoms with Crippen LogP contribution in [0.4, 0.5) is 15.2 Å². The molecule has 0 bridgehead atoms. The Balaban J connectivity index is 1.58. The highest BCUT2D eigenvalue weighted by Crippen LogP contribution is 2.36. The first-order chi connectivity index (χ1) is 13.0. The second-order valence-corrected chi connectivity index (χ2v) is 7.14. The van der Waals surface area contributed by atoms with Crippen LogP contribution in [0.25, 0.3) is 11.3 Å². The number of nitrogens with one attached hydrogen (secondary N) is 2. The molecular formula is C19H14FN3O3S. The smallest absolute Gasteiger partial charge is 0.262 e. The maximum absolute atomic E-state index is 13.0. The van der Waals surface area contributed by atoms with Crippen LogP contribution in [-0.2, 0) is 4.79 Å². The molecule has 1 aliphatic heterocycles. The van der Waals surface area contributed by atoms with Crippen LogP contribution in [0.15, 0.2) is 42.5 Å². The van der Waals surface area contributed by atoms with Crippen molar-refractivity contribution >= 4 is 34.0 Å². The zero-order valence-electron chi connectivity index (χ0n) is 14.2. The van der Waals surface area contributed by atoms with Crippen molar-refractivity contribution in [2.24, 2.45) is 0 Å². The number of carbonyl (C=O) groups excluding carboxylic acids is 2. The molecule has 0 aliphatic carbocycles. The topological polar surface area (TPSA) is 80.3 Å². The fraction of sp³-hybridized carbons (Fsp3) is 0.105. The summed E-state index contributed by atoms with van der Waals surface area (Å²) in [6.45, 7) is 1.90. The molecule has 2 N–H and O–H groups in total. The lowest BCUT2D eigenvalue weighted by Crippen LogP contribution is -2.25. The first-order valence-corrected chi connectivity index (χ1v) is 8.92. The van der Waals surface area contributed by atoms with Crippen molar-refractivity contribution in [1.29, 1.82) is 0 Å². The molecule has 1 aliphatic rings. The Morgan fingerprint density at radius 2 is 2.04 bits per heavy atom. The van der Waals surface area contributed by atoms with E-state index in [-0.39, 0.29) is 18.4 Å². The lowest BCUT2D eigenvalue weighted by molar-refractivity contribution is -0.118. The molecule has 0 saturated carbocycles. The monoisotopic (exact) mass is 383 g/mol. The Kier molecular flexibility index (Phi) is 4.33. The van der Waals surface area contributed by atoms with Gasteiger partial charge in [0, 0.05) is 16.0 Å². The van der Waals surface area contributed by atoms with Crippen LogP contribution >= 0.6 is 11.3 Å². The average molecular weight is 383 g/mol. The number of fused-ring (bicyclic) bond motifs is 1. The quantitative estimate of drug-likeness (QED) is 0.720. The number of rotatable bonds is 3. The molecule has 1 aromatic heterocycles. The molecule has 0 fully saturated rings. The van der Waals surface area contributed by atoms with E-state index in [0.717, 1.165) is 10.4 Å². The van der Waals surface area contributed by atoms with Gasteiger partial charge in [0.2, 0.25) is 0 Å². The molecule has 0 radical (unpaired) electrons. The third-order valence-electron chi connectivity index (χ3n) is 4.01. The minimum atomic E-state index is -0.401.